The van der Waals surface area contributed by atoms with Gasteiger partial charge in [-0.15, -0.1) is 0 Å². The molecule has 140 valence electrons. The molecule has 0 N–H and O–H groups in total. The van der Waals surface area contributed by atoms with Crippen molar-refractivity contribution < 1.29 is 13.6 Å². The highest BCUT2D eigenvalue weighted by Crippen LogP contribution is 2.38. The maximum Gasteiger partial charge on any atom is 0.449 e. The van der Waals surface area contributed by atoms with E-state index in [2.05, 4.69) is 67.1 Å². The SMILES string of the molecule is COB1C(c2c(C)ccc3c2oc2ccccc23)=[N+](C)c2sc3ccccc3c21. The number of fused-ring (bicyclic) bond motifs is 6. The second-order valence-corrected chi connectivity index (χ2v) is 8.64. The van der Waals surface area contributed by atoms with Crippen LogP contribution in [0.25, 0.3) is 32.0 Å². The number of thiophene rings is 1. The Bertz CT molecular complexity index is 1480. The molecule has 29 heavy (non-hydrogen) atoms. The van der Waals surface area contributed by atoms with Gasteiger partial charge in [-0.05, 0) is 30.0 Å². The molecule has 1 aliphatic heterocycles. The van der Waals surface area contributed by atoms with E-state index in [1.807, 2.05) is 23.5 Å². The lowest BCUT2D eigenvalue weighted by Gasteiger charge is -2.09. The first-order valence-electron chi connectivity index (χ1n) is 9.75. The molecule has 0 unspecified atom stereocenters. The monoisotopic (exact) mass is 396 g/mol. The Kier molecular flexibility index (Phi) is 3.55. The third-order valence-corrected chi connectivity index (χ3v) is 7.30. The highest BCUT2D eigenvalue weighted by Gasteiger charge is 2.48. The van der Waals surface area contributed by atoms with Crippen molar-refractivity contribution >= 4 is 66.4 Å². The summed E-state index contributed by atoms with van der Waals surface area (Å²) in [6.45, 7) is 2.03. The molecular weight excluding hydrogens is 377 g/mol. The second-order valence-electron chi connectivity index (χ2n) is 7.61. The minimum atomic E-state index is -0.122. The first kappa shape index (κ1) is 17.0. The molecule has 0 fully saturated rings. The number of rotatable bonds is 2. The lowest BCUT2D eigenvalue weighted by Crippen LogP contribution is -2.39. The van der Waals surface area contributed by atoms with Crippen LogP contribution in [0.2, 0.25) is 0 Å². The molecule has 0 saturated carbocycles. The van der Waals surface area contributed by atoms with Crippen molar-refractivity contribution in [1.29, 1.82) is 0 Å². The number of hydrogen-bond donors (Lipinski definition) is 0. The zero-order valence-electron chi connectivity index (χ0n) is 16.5. The van der Waals surface area contributed by atoms with Crippen molar-refractivity contribution in [3.05, 3.63) is 71.8 Å². The molecule has 0 saturated heterocycles. The molecule has 0 atom stereocenters. The Labute approximate surface area is 172 Å². The van der Waals surface area contributed by atoms with E-state index in [4.69, 9.17) is 9.07 Å². The number of para-hydroxylation sites is 1. The fourth-order valence-electron chi connectivity index (χ4n) is 4.71. The summed E-state index contributed by atoms with van der Waals surface area (Å²) in [5.74, 6) is 0. The molecule has 0 aliphatic carbocycles. The second kappa shape index (κ2) is 6.05. The van der Waals surface area contributed by atoms with Gasteiger partial charge in [-0.1, -0.05) is 59.9 Å². The molecular formula is C24H19BNO2S+. The summed E-state index contributed by atoms with van der Waals surface area (Å²) in [4.78, 5) is 0. The standard InChI is InChI=1S/C24H19BNO2S/c1-14-12-13-16-15-8-4-6-10-18(15)28-22(16)20(14)23-25(27-3)21-17-9-5-7-11-19(17)29-24(21)26(23)2/h4-13H,1-3H3/q+1. The highest BCUT2D eigenvalue weighted by atomic mass is 32.1. The van der Waals surface area contributed by atoms with E-state index < -0.39 is 0 Å². The Morgan fingerprint density at radius 2 is 1.69 bits per heavy atom. The van der Waals surface area contributed by atoms with Crippen LogP contribution in [0.15, 0.2) is 65.1 Å². The smallest absolute Gasteiger partial charge is 0.449 e. The molecule has 5 heteroatoms. The van der Waals surface area contributed by atoms with Crippen molar-refractivity contribution in [3.8, 4) is 0 Å². The fourth-order valence-corrected chi connectivity index (χ4v) is 5.92. The van der Waals surface area contributed by atoms with Gasteiger partial charge in [0.25, 0.3) is 5.00 Å². The van der Waals surface area contributed by atoms with Gasteiger partial charge in [-0.2, -0.15) is 4.58 Å². The largest absolute Gasteiger partial charge is 0.455 e. The normalized spacial score (nSPS) is 14.0. The van der Waals surface area contributed by atoms with Crippen molar-refractivity contribution in [3.63, 3.8) is 0 Å². The van der Waals surface area contributed by atoms with Gasteiger partial charge >= 0.3 is 6.92 Å². The first-order chi connectivity index (χ1) is 14.2. The van der Waals surface area contributed by atoms with Crippen molar-refractivity contribution in [2.75, 3.05) is 14.2 Å². The van der Waals surface area contributed by atoms with Crippen LogP contribution in [-0.2, 0) is 4.65 Å². The molecule has 1 aliphatic rings. The molecule has 5 aromatic rings. The van der Waals surface area contributed by atoms with Gasteiger partial charge < -0.3 is 9.07 Å². The Morgan fingerprint density at radius 1 is 0.931 bits per heavy atom. The first-order valence-corrected chi connectivity index (χ1v) is 10.6. The summed E-state index contributed by atoms with van der Waals surface area (Å²) in [7, 11) is 3.94. The van der Waals surface area contributed by atoms with Crippen LogP contribution in [0.1, 0.15) is 11.1 Å². The van der Waals surface area contributed by atoms with E-state index in [0.29, 0.717) is 0 Å². The van der Waals surface area contributed by atoms with Gasteiger partial charge in [0, 0.05) is 22.6 Å². The van der Waals surface area contributed by atoms with Crippen LogP contribution in [-0.4, -0.2) is 31.3 Å². The van der Waals surface area contributed by atoms with Crippen LogP contribution in [0.3, 0.4) is 0 Å². The number of aryl methyl sites for hydroxylation is 1. The quantitative estimate of drug-likeness (QED) is 0.300. The third kappa shape index (κ3) is 2.20. The predicted molar refractivity (Wildman–Crippen MR) is 123 cm³/mol. The van der Waals surface area contributed by atoms with E-state index in [9.17, 15) is 0 Å². The number of nitrogens with zero attached hydrogens (tertiary/aromatic N) is 1. The van der Waals surface area contributed by atoms with Crippen LogP contribution in [0, 0.1) is 6.92 Å². The summed E-state index contributed by atoms with van der Waals surface area (Å²) in [6.07, 6.45) is 0. The molecule has 3 aromatic carbocycles. The van der Waals surface area contributed by atoms with Gasteiger partial charge in [-0.25, -0.2) is 0 Å². The van der Waals surface area contributed by atoms with Crippen molar-refractivity contribution in [1.82, 2.24) is 0 Å². The minimum Gasteiger partial charge on any atom is -0.455 e. The van der Waals surface area contributed by atoms with E-state index >= 15 is 0 Å². The molecule has 3 nitrogen and oxygen atoms in total. The minimum absolute atomic E-state index is 0.122. The molecule has 6 rings (SSSR count). The van der Waals surface area contributed by atoms with Gasteiger partial charge in [-0.3, -0.25) is 0 Å². The number of benzene rings is 3. The van der Waals surface area contributed by atoms with E-state index in [1.165, 1.54) is 26.1 Å². The van der Waals surface area contributed by atoms with Crippen LogP contribution in [0.5, 0.6) is 0 Å². The van der Waals surface area contributed by atoms with E-state index in [0.717, 1.165) is 33.1 Å². The van der Waals surface area contributed by atoms with Crippen molar-refractivity contribution in [2.45, 2.75) is 6.92 Å². The highest BCUT2D eigenvalue weighted by molar-refractivity contribution is 7.26. The zero-order chi connectivity index (χ0) is 19.7. The summed E-state index contributed by atoms with van der Waals surface area (Å²) in [5, 5.41) is 4.83. The van der Waals surface area contributed by atoms with E-state index in [-0.39, 0.29) is 6.92 Å². The summed E-state index contributed by atoms with van der Waals surface area (Å²) >= 11 is 1.82. The Hall–Kier alpha value is -2.89. The lowest BCUT2D eigenvalue weighted by atomic mass is 9.55. The van der Waals surface area contributed by atoms with Gasteiger partial charge in [0.05, 0.1) is 11.0 Å². The topological polar surface area (TPSA) is 25.4 Å². The maximum absolute atomic E-state index is 6.38. The molecule has 0 bridgehead atoms. The number of hydrogen-bond acceptors (Lipinski definition) is 3. The average molecular weight is 396 g/mol. The van der Waals surface area contributed by atoms with Gasteiger partial charge in [0.1, 0.15) is 18.2 Å². The van der Waals surface area contributed by atoms with E-state index in [1.54, 1.807) is 7.11 Å². The average Bonchev–Trinajstić information content (AvgIpc) is 3.38. The zero-order valence-corrected chi connectivity index (χ0v) is 17.3. The fraction of sp³-hybridized carbons (Fsp3) is 0.125. The predicted octanol–water partition coefficient (Wildman–Crippen LogP) is 5.27. The van der Waals surface area contributed by atoms with Gasteiger partial charge in [0.15, 0.2) is 5.61 Å². The Balaban J connectivity index is 1.70. The molecule has 3 heterocycles. The van der Waals surface area contributed by atoms with Crippen LogP contribution < -0.4 is 5.46 Å². The summed E-state index contributed by atoms with van der Waals surface area (Å²) < 4.78 is 16.1. The molecule has 0 amide bonds. The summed E-state index contributed by atoms with van der Waals surface area (Å²) in [5.41, 5.74) is 6.61. The lowest BCUT2D eigenvalue weighted by molar-refractivity contribution is -0.394. The van der Waals surface area contributed by atoms with Crippen LogP contribution >= 0.6 is 11.3 Å². The maximum atomic E-state index is 6.38. The molecule has 2 aromatic heterocycles. The molecule has 0 radical (unpaired) electrons. The van der Waals surface area contributed by atoms with Crippen LogP contribution in [0.4, 0.5) is 5.00 Å². The summed E-state index contributed by atoms with van der Waals surface area (Å²) in [6, 6.07) is 21.2. The Morgan fingerprint density at radius 3 is 2.52 bits per heavy atom. The van der Waals surface area contributed by atoms with Crippen molar-refractivity contribution in [2.24, 2.45) is 0 Å². The number of furan rings is 1. The molecule has 0 spiro atoms. The van der Waals surface area contributed by atoms with Gasteiger partial charge in [0.2, 0.25) is 0 Å². The third-order valence-electron chi connectivity index (χ3n) is 6.04.